The highest BCUT2D eigenvalue weighted by atomic mass is 32.2. The summed E-state index contributed by atoms with van der Waals surface area (Å²) in [7, 11) is -8.18. The van der Waals surface area contributed by atoms with Gasteiger partial charge in [-0.25, -0.2) is 0 Å². The Bertz CT molecular complexity index is 2530. The van der Waals surface area contributed by atoms with Crippen LogP contribution in [0, 0.1) is 0 Å². The van der Waals surface area contributed by atoms with Gasteiger partial charge in [0.25, 0.3) is 20.2 Å². The largest absolute Gasteiger partial charge is 0.871 e. The molecule has 4 aromatic carbocycles. The number of Topliss-reactive ketones (excluding diaryl/α,β-unsaturated/α-hetero) is 1. The number of hydrogen-bond donors (Lipinski definition) is 2. The van der Waals surface area contributed by atoms with E-state index >= 15 is 0 Å². The Labute approximate surface area is 277 Å². The van der Waals surface area contributed by atoms with Crippen molar-refractivity contribution in [2.24, 2.45) is 0 Å². The Morgan fingerprint density at radius 2 is 1.38 bits per heavy atom. The van der Waals surface area contributed by atoms with Crippen LogP contribution in [0.3, 0.4) is 0 Å². The molecule has 0 saturated heterocycles. The second-order valence-electron chi connectivity index (χ2n) is 12.2. The predicted octanol–water partition coefficient (Wildman–Crippen LogP) is 4.05. The standard InChI is InChI=1S/C36H32N2O8S2/c39-35-27(21-31-25-13-5-9-23-11-7-15-29(33(23)25)37(31)17-1-3-19-47(41,42)43)36(40)28(35)22-32-26-14-6-10-24-12-8-16-30(34(24)26)38(32)18-2-4-20-48(44,45)46/h5-16,21-22H,1-4,17-20H2,(H2-,39,40,41,42,43,44,45,46). The minimum Gasteiger partial charge on any atom is -0.871 e. The summed E-state index contributed by atoms with van der Waals surface area (Å²) in [6.07, 6.45) is 4.65. The van der Waals surface area contributed by atoms with Gasteiger partial charge in [0.05, 0.1) is 22.5 Å². The summed E-state index contributed by atoms with van der Waals surface area (Å²) in [5.74, 6) is -1.48. The molecule has 12 heteroatoms. The number of hydrogen-bond acceptors (Lipinski definition) is 6. The first-order valence-corrected chi connectivity index (χ1v) is 18.9. The number of unbranched alkanes of at least 4 members (excludes halogenated alkanes) is 2. The van der Waals surface area contributed by atoms with Crippen LogP contribution in [0.25, 0.3) is 38.5 Å². The molecule has 0 spiro atoms. The summed E-state index contributed by atoms with van der Waals surface area (Å²) in [5.41, 5.74) is 3.45. The number of nitrogens with zero attached hydrogens (tertiary/aromatic N) is 2. The molecule has 48 heavy (non-hydrogen) atoms. The Hall–Kier alpha value is -4.62. The van der Waals surface area contributed by atoms with Crippen molar-refractivity contribution in [2.75, 3.05) is 18.1 Å². The topological polar surface area (TPSA) is 157 Å². The first-order valence-electron chi connectivity index (χ1n) is 15.7. The van der Waals surface area contributed by atoms with Crippen LogP contribution in [0.2, 0.25) is 0 Å². The van der Waals surface area contributed by atoms with Crippen molar-refractivity contribution in [2.45, 2.75) is 32.2 Å². The van der Waals surface area contributed by atoms with Crippen LogP contribution in [0.1, 0.15) is 31.2 Å². The molecule has 2 N–H and O–H groups in total. The molecule has 0 unspecified atom stereocenters. The molecule has 2 heterocycles. The highest BCUT2D eigenvalue weighted by molar-refractivity contribution is 7.86. The van der Waals surface area contributed by atoms with Crippen molar-refractivity contribution in [3.8, 4) is 0 Å². The molecule has 10 nitrogen and oxygen atoms in total. The molecular weight excluding hydrogens is 653 g/mol. The van der Waals surface area contributed by atoms with Crippen molar-refractivity contribution >= 4 is 75.9 Å². The first kappa shape index (κ1) is 32.0. The van der Waals surface area contributed by atoms with Crippen molar-refractivity contribution < 1.29 is 40.4 Å². The molecule has 0 saturated carbocycles. The molecule has 0 radical (unpaired) electrons. The monoisotopic (exact) mass is 684 g/mol. The van der Waals surface area contributed by atoms with E-state index in [1.807, 2.05) is 81.9 Å². The number of ketones is 1. The summed E-state index contributed by atoms with van der Waals surface area (Å²) in [5, 5.41) is 19.2. The lowest BCUT2D eigenvalue weighted by atomic mass is 9.86. The molecule has 1 aliphatic carbocycles. The number of carbonyl (C=O) groups excluding carboxylic acids is 1. The third-order valence-electron chi connectivity index (χ3n) is 9.09. The Morgan fingerprint density at radius 1 is 0.750 bits per heavy atom. The van der Waals surface area contributed by atoms with Crippen LogP contribution in [-0.2, 0) is 31.6 Å². The van der Waals surface area contributed by atoms with Gasteiger partial charge in [-0.15, -0.1) is 0 Å². The molecule has 1 aliphatic heterocycles. The molecule has 0 amide bonds. The van der Waals surface area contributed by atoms with Crippen molar-refractivity contribution in [1.29, 1.82) is 0 Å². The molecule has 2 aliphatic rings. The summed E-state index contributed by atoms with van der Waals surface area (Å²) in [6.45, 7) is 0.834. The van der Waals surface area contributed by atoms with Crippen LogP contribution in [-0.4, -0.2) is 64.6 Å². The molecule has 0 atom stereocenters. The van der Waals surface area contributed by atoms with E-state index < -0.39 is 20.2 Å². The van der Waals surface area contributed by atoms with E-state index in [0.29, 0.717) is 37.0 Å². The van der Waals surface area contributed by atoms with Crippen LogP contribution >= 0.6 is 0 Å². The van der Waals surface area contributed by atoms with Gasteiger partial charge < -0.3 is 9.67 Å². The molecule has 7 rings (SSSR count). The number of aryl methyl sites for hydroxylation is 1. The van der Waals surface area contributed by atoms with Crippen molar-refractivity contribution in [3.05, 3.63) is 107 Å². The fourth-order valence-electron chi connectivity index (χ4n) is 6.94. The molecule has 0 bridgehead atoms. The maximum atomic E-state index is 13.7. The molecule has 1 aromatic heterocycles. The van der Waals surface area contributed by atoms with Crippen LogP contribution in [0.15, 0.2) is 95.8 Å². The van der Waals surface area contributed by atoms with E-state index in [9.17, 15) is 35.8 Å². The van der Waals surface area contributed by atoms with Gasteiger partial charge in [0.2, 0.25) is 11.4 Å². The molecule has 246 valence electrons. The van der Waals surface area contributed by atoms with Gasteiger partial charge in [-0.05, 0) is 48.2 Å². The van der Waals surface area contributed by atoms with E-state index in [1.54, 1.807) is 12.2 Å². The third kappa shape index (κ3) is 5.85. The maximum absolute atomic E-state index is 13.7. The van der Waals surface area contributed by atoms with Crippen LogP contribution < -0.4 is 10.5 Å². The van der Waals surface area contributed by atoms with Crippen LogP contribution in [0.5, 0.6) is 0 Å². The quantitative estimate of drug-likeness (QED) is 0.0863. The zero-order valence-corrected chi connectivity index (χ0v) is 27.4. The van der Waals surface area contributed by atoms with Gasteiger partial charge in [-0.3, -0.25) is 13.9 Å². The minimum absolute atomic E-state index is 0.0537. The molecule has 5 aromatic rings. The summed E-state index contributed by atoms with van der Waals surface area (Å²) in [4.78, 5) is 13.7. The smallest absolute Gasteiger partial charge is 0.264 e. The van der Waals surface area contributed by atoms with E-state index in [2.05, 4.69) is 0 Å². The average Bonchev–Trinajstić information content (AvgIpc) is 3.52. The number of rotatable bonds is 12. The highest BCUT2D eigenvalue weighted by Crippen LogP contribution is 2.37. The van der Waals surface area contributed by atoms with Crippen molar-refractivity contribution in [3.63, 3.8) is 0 Å². The Balaban J connectivity index is 1.30. The van der Waals surface area contributed by atoms with Gasteiger partial charge in [0.1, 0.15) is 6.54 Å². The second-order valence-corrected chi connectivity index (χ2v) is 15.3. The fraction of sp³-hybridized carbons (Fsp3) is 0.222. The zero-order chi connectivity index (χ0) is 33.8. The van der Waals surface area contributed by atoms with Gasteiger partial charge in [-0.1, -0.05) is 60.4 Å². The maximum Gasteiger partial charge on any atom is 0.264 e. The zero-order valence-electron chi connectivity index (χ0n) is 25.8. The fourth-order valence-corrected chi connectivity index (χ4v) is 8.08. The third-order valence-corrected chi connectivity index (χ3v) is 10.7. The van der Waals surface area contributed by atoms with Gasteiger partial charge in [-0.2, -0.15) is 21.4 Å². The first-order chi connectivity index (χ1) is 22.9. The lowest BCUT2D eigenvalue weighted by molar-refractivity contribution is -0.436. The summed E-state index contributed by atoms with van der Waals surface area (Å²) >= 11 is 0. The number of allylic oxidation sites excluding steroid dienone is 3. The lowest BCUT2D eigenvalue weighted by Crippen LogP contribution is -2.32. The van der Waals surface area contributed by atoms with E-state index in [4.69, 9.17) is 0 Å². The highest BCUT2D eigenvalue weighted by Gasteiger charge is 2.34. The molecular formula is C36H32N2O8S2. The van der Waals surface area contributed by atoms with Crippen molar-refractivity contribution in [1.82, 2.24) is 4.57 Å². The average molecular weight is 685 g/mol. The number of aromatic nitrogens is 1. The summed E-state index contributed by atoms with van der Waals surface area (Å²) in [6, 6.07) is 23.4. The lowest BCUT2D eigenvalue weighted by Gasteiger charge is -2.28. The van der Waals surface area contributed by atoms with E-state index in [-0.39, 0.29) is 47.0 Å². The van der Waals surface area contributed by atoms with Gasteiger partial charge in [0, 0.05) is 57.9 Å². The number of benzene rings is 4. The number of carbonyl (C=O) groups is 1. The van der Waals surface area contributed by atoms with E-state index in [1.165, 1.54) is 0 Å². The van der Waals surface area contributed by atoms with E-state index in [0.717, 1.165) is 43.7 Å². The second kappa shape index (κ2) is 12.1. The SMILES string of the molecule is O=C1C(/C=c2\c3cccc4cccc(c43)n2CCCCS(=O)(=O)O)=C([O-])C/1=C\C1=[N+](CCCCS(=O)(=O)O)c2cccc3cccc1c23. The normalized spacial score (nSPS) is 16.4. The van der Waals surface area contributed by atoms with Gasteiger partial charge in [0.15, 0.2) is 5.78 Å². The summed E-state index contributed by atoms with van der Waals surface area (Å²) < 4.78 is 67.5. The minimum atomic E-state index is -4.09. The van der Waals surface area contributed by atoms with Crippen LogP contribution in [0.4, 0.5) is 5.69 Å². The Morgan fingerprint density at radius 3 is 2.06 bits per heavy atom. The molecule has 0 fully saturated rings. The van der Waals surface area contributed by atoms with Gasteiger partial charge >= 0.3 is 0 Å². The Kier molecular flexibility index (Phi) is 8.07. The predicted molar refractivity (Wildman–Crippen MR) is 183 cm³/mol.